The fourth-order valence-corrected chi connectivity index (χ4v) is 9.41. The summed E-state index contributed by atoms with van der Waals surface area (Å²) in [6, 6.07) is 12.3. The second-order valence-corrected chi connectivity index (χ2v) is 16.5. The summed E-state index contributed by atoms with van der Waals surface area (Å²) < 4.78 is 91.3. The Morgan fingerprint density at radius 3 is 1.80 bits per heavy atom. The summed E-state index contributed by atoms with van der Waals surface area (Å²) in [5, 5.41) is 2.58. The van der Waals surface area contributed by atoms with Crippen LogP contribution in [0, 0.1) is 13.8 Å². The molecule has 0 atom stereocenters. The summed E-state index contributed by atoms with van der Waals surface area (Å²) >= 11 is 11.7. The van der Waals surface area contributed by atoms with Gasteiger partial charge >= 0.3 is 51.4 Å². The second-order valence-electron chi connectivity index (χ2n) is 10.8. The standard InChI is InChI=1S/C30H21Cl2N5O9S3.K/c1-13-9-16(48(42,43)37-47(40,41)15-7-8-19-20(11-15)36-30(32)29(31)35-19)10-14(2)26(13)34-21-12-22(49(44,45)46)25(33)24-23(21)27(38)17-5-3-4-6-18(17)28(24)39;/h3-12,34,37H,33H2,1-2H3,(H,44,45,46);/q;+1/p-1. The summed E-state index contributed by atoms with van der Waals surface area (Å²) in [5.41, 5.74) is 5.08. The second kappa shape index (κ2) is 13.6. The third-order valence-electron chi connectivity index (χ3n) is 7.63. The van der Waals surface area contributed by atoms with E-state index in [2.05, 4.69) is 15.3 Å². The molecule has 1 aliphatic rings. The number of aryl methyl sites for hydroxylation is 2. The van der Waals surface area contributed by atoms with Crippen LogP contribution in [0.2, 0.25) is 10.3 Å². The van der Waals surface area contributed by atoms with Gasteiger partial charge in [-0.25, -0.2) is 35.2 Å². The van der Waals surface area contributed by atoms with Gasteiger partial charge in [0.25, 0.3) is 20.0 Å². The number of ketones is 2. The van der Waals surface area contributed by atoms with E-state index in [9.17, 15) is 39.4 Å². The van der Waals surface area contributed by atoms with Crippen molar-refractivity contribution >= 4 is 93.0 Å². The van der Waals surface area contributed by atoms with Crippen LogP contribution in [0.15, 0.2) is 75.4 Å². The molecule has 252 valence electrons. The predicted octanol–water partition coefficient (Wildman–Crippen LogP) is 1.23. The largest absolute Gasteiger partial charge is 1.00 e. The van der Waals surface area contributed by atoms with E-state index in [0.29, 0.717) is 0 Å². The van der Waals surface area contributed by atoms with Crippen molar-refractivity contribution in [1.29, 1.82) is 0 Å². The van der Waals surface area contributed by atoms with E-state index >= 15 is 0 Å². The Labute approximate surface area is 338 Å². The third kappa shape index (κ3) is 6.87. The normalized spacial score (nSPS) is 13.1. The number of anilines is 3. The molecule has 0 bridgehead atoms. The number of fused-ring (bicyclic) bond motifs is 3. The van der Waals surface area contributed by atoms with E-state index in [4.69, 9.17) is 28.9 Å². The van der Waals surface area contributed by atoms with E-state index in [1.54, 1.807) is 4.13 Å². The van der Waals surface area contributed by atoms with Crippen LogP contribution in [0.5, 0.6) is 0 Å². The molecule has 6 rings (SSSR count). The molecule has 14 nitrogen and oxygen atoms in total. The Morgan fingerprint density at radius 2 is 1.24 bits per heavy atom. The van der Waals surface area contributed by atoms with E-state index in [1.165, 1.54) is 44.2 Å². The van der Waals surface area contributed by atoms with Crippen LogP contribution in [0.1, 0.15) is 43.0 Å². The molecule has 0 unspecified atom stereocenters. The van der Waals surface area contributed by atoms with E-state index in [0.717, 1.165) is 30.3 Å². The molecular formula is C30H20Cl2KN5O9S3. The molecule has 0 radical (unpaired) electrons. The SMILES string of the molecule is Cc1cc(S(=O)(=O)NS(=O)(=O)c2ccc3nc(Cl)c(Cl)nc3c2)cc(C)c1Nc1cc(S(=O)(=O)[O-])c(N)c2c1C(=O)c1ccccc1C2=O.[K+]. The van der Waals surface area contributed by atoms with Crippen molar-refractivity contribution in [3.8, 4) is 0 Å². The maximum absolute atomic E-state index is 13.6. The minimum Gasteiger partial charge on any atom is -0.744 e. The van der Waals surface area contributed by atoms with Crippen LogP contribution in [0.25, 0.3) is 11.0 Å². The van der Waals surface area contributed by atoms with Crippen molar-refractivity contribution in [2.45, 2.75) is 28.5 Å². The van der Waals surface area contributed by atoms with Crippen LogP contribution in [0.4, 0.5) is 17.1 Å². The average molecular weight is 801 g/mol. The molecule has 20 heteroatoms. The number of benzene rings is 4. The van der Waals surface area contributed by atoms with Gasteiger partial charge in [0.05, 0.1) is 48.2 Å². The van der Waals surface area contributed by atoms with E-state index in [1.807, 2.05) is 0 Å². The molecule has 4 N–H and O–H groups in total. The summed E-state index contributed by atoms with van der Waals surface area (Å²) in [6.07, 6.45) is 0. The van der Waals surface area contributed by atoms with Gasteiger partial charge in [-0.1, -0.05) is 47.5 Å². The Kier molecular flexibility index (Phi) is 10.4. The van der Waals surface area contributed by atoms with Gasteiger partial charge in [-0.2, -0.15) is 0 Å². The molecule has 5 aromatic rings. The zero-order chi connectivity index (χ0) is 35.8. The summed E-state index contributed by atoms with van der Waals surface area (Å²) in [4.78, 5) is 33.2. The Balaban J connectivity index is 0.00000486. The number of hydrogen-bond acceptors (Lipinski definition) is 13. The molecule has 0 aliphatic heterocycles. The molecule has 0 saturated carbocycles. The molecule has 0 saturated heterocycles. The third-order valence-corrected chi connectivity index (χ3v) is 12.6. The van der Waals surface area contributed by atoms with Gasteiger partial charge in [-0.05, 0) is 61.4 Å². The monoisotopic (exact) mass is 799 g/mol. The number of halogens is 2. The topological polar surface area (TPSA) is 235 Å². The van der Waals surface area contributed by atoms with Gasteiger partial charge in [0.15, 0.2) is 21.9 Å². The molecule has 0 amide bonds. The maximum Gasteiger partial charge on any atom is 1.00 e. The molecule has 1 heterocycles. The maximum atomic E-state index is 13.6. The van der Waals surface area contributed by atoms with Crippen molar-refractivity contribution in [3.63, 3.8) is 0 Å². The number of aromatic nitrogens is 2. The Morgan fingerprint density at radius 1 is 0.720 bits per heavy atom. The number of nitrogens with zero attached hydrogens (tertiary/aromatic N) is 2. The predicted molar refractivity (Wildman–Crippen MR) is 178 cm³/mol. The zero-order valence-corrected chi connectivity index (χ0v) is 33.0. The van der Waals surface area contributed by atoms with E-state index < -0.39 is 67.7 Å². The minimum absolute atomic E-state index is 0. The van der Waals surface area contributed by atoms with Crippen molar-refractivity contribution in [2.75, 3.05) is 11.1 Å². The van der Waals surface area contributed by atoms with Crippen LogP contribution >= 0.6 is 23.2 Å². The van der Waals surface area contributed by atoms with Crippen LogP contribution in [0.3, 0.4) is 0 Å². The van der Waals surface area contributed by atoms with Gasteiger partial charge in [0, 0.05) is 16.8 Å². The number of hydrogen-bond donors (Lipinski definition) is 3. The Hall–Kier alpha value is -2.85. The van der Waals surface area contributed by atoms with Gasteiger partial charge < -0.3 is 15.6 Å². The van der Waals surface area contributed by atoms with Gasteiger partial charge in [-0.15, -0.1) is 4.13 Å². The molecule has 50 heavy (non-hydrogen) atoms. The van der Waals surface area contributed by atoms with Gasteiger partial charge in [0.1, 0.15) is 10.1 Å². The molecule has 0 fully saturated rings. The number of carbonyl (C=O) groups is 2. The summed E-state index contributed by atoms with van der Waals surface area (Å²) in [7, 11) is -14.7. The molecule has 1 aromatic heterocycles. The fraction of sp³-hybridized carbons (Fsp3) is 0.0667. The first-order valence-corrected chi connectivity index (χ1v) is 18.8. The zero-order valence-electron chi connectivity index (χ0n) is 25.9. The average Bonchev–Trinajstić information content (AvgIpc) is 3.01. The smallest absolute Gasteiger partial charge is 0.744 e. The van der Waals surface area contributed by atoms with Crippen LogP contribution < -0.4 is 66.6 Å². The molecule has 0 spiro atoms. The van der Waals surface area contributed by atoms with Crippen LogP contribution in [-0.4, -0.2) is 51.3 Å². The van der Waals surface area contributed by atoms with Gasteiger partial charge in [-0.3, -0.25) is 9.59 Å². The van der Waals surface area contributed by atoms with Gasteiger partial charge in [0.2, 0.25) is 0 Å². The van der Waals surface area contributed by atoms with Crippen molar-refractivity contribution < 1.29 is 90.8 Å². The summed E-state index contributed by atoms with van der Waals surface area (Å²) in [5.74, 6) is -1.45. The van der Waals surface area contributed by atoms with Crippen LogP contribution in [-0.2, 0) is 30.2 Å². The molecular weight excluding hydrogens is 781 g/mol. The first-order chi connectivity index (χ1) is 22.8. The number of nitrogens with two attached hydrogens (primary N) is 1. The minimum atomic E-state index is -5.25. The fourth-order valence-electron chi connectivity index (χ4n) is 5.41. The molecule has 1 aliphatic carbocycles. The van der Waals surface area contributed by atoms with Crippen molar-refractivity contribution in [1.82, 2.24) is 14.1 Å². The number of carbonyl (C=O) groups excluding carboxylic acids is 2. The van der Waals surface area contributed by atoms with E-state index in [-0.39, 0.29) is 112 Å². The number of nitrogen functional groups attached to an aromatic ring is 1. The molecule has 4 aromatic carbocycles. The van der Waals surface area contributed by atoms with Crippen molar-refractivity contribution in [3.05, 3.63) is 104 Å². The Bertz CT molecular complexity index is 2650. The first-order valence-electron chi connectivity index (χ1n) is 13.7. The van der Waals surface area contributed by atoms with Crippen molar-refractivity contribution in [2.24, 2.45) is 0 Å². The first kappa shape index (κ1) is 38.4. The quantitative estimate of drug-likeness (QED) is 0.117. The summed E-state index contributed by atoms with van der Waals surface area (Å²) in [6.45, 7) is 2.91. The number of sulfonamides is 2. The number of rotatable bonds is 7. The number of nitrogens with one attached hydrogen (secondary N) is 2.